The molecular weight excluding hydrogens is 164 g/mol. The zero-order valence-electron chi connectivity index (χ0n) is 8.05. The highest BCUT2D eigenvalue weighted by atomic mass is 16.4. The Kier molecular flexibility index (Phi) is 2.52. The van der Waals surface area contributed by atoms with E-state index in [-0.39, 0.29) is 0 Å². The smallest absolute Gasteiger partial charge is 0.294 e. The van der Waals surface area contributed by atoms with Crippen LogP contribution >= 0.6 is 0 Å². The molecule has 0 aliphatic heterocycles. The third-order valence-corrected chi connectivity index (χ3v) is 2.73. The van der Waals surface area contributed by atoms with Gasteiger partial charge in [-0.05, 0) is 5.92 Å². The molecule has 1 aliphatic carbocycles. The molecule has 1 N–H and O–H groups in total. The van der Waals surface area contributed by atoms with Gasteiger partial charge in [-0.25, -0.2) is 4.98 Å². The van der Waals surface area contributed by atoms with Crippen molar-refractivity contribution in [2.24, 2.45) is 5.92 Å². The number of anilines is 1. The molecule has 0 unspecified atom stereocenters. The van der Waals surface area contributed by atoms with Crippen molar-refractivity contribution in [3.8, 4) is 0 Å². The van der Waals surface area contributed by atoms with E-state index in [2.05, 4.69) is 10.3 Å². The minimum atomic E-state index is 0.632. The van der Waals surface area contributed by atoms with Crippen molar-refractivity contribution in [1.82, 2.24) is 4.98 Å². The Morgan fingerprint density at radius 1 is 1.54 bits per heavy atom. The lowest BCUT2D eigenvalue weighted by molar-refractivity contribution is 0.450. The zero-order chi connectivity index (χ0) is 9.10. The summed E-state index contributed by atoms with van der Waals surface area (Å²) in [5.41, 5.74) is 0. The average molecular weight is 180 g/mol. The summed E-state index contributed by atoms with van der Waals surface area (Å²) in [6.07, 6.45) is 8.39. The Balaban J connectivity index is 1.92. The predicted molar refractivity (Wildman–Crippen MR) is 51.7 cm³/mol. The molecule has 3 heteroatoms. The lowest BCUT2D eigenvalue weighted by atomic mass is 10.0. The van der Waals surface area contributed by atoms with Crippen LogP contribution in [-0.2, 0) is 6.42 Å². The van der Waals surface area contributed by atoms with E-state index in [1.54, 1.807) is 0 Å². The van der Waals surface area contributed by atoms with Crippen LogP contribution in [0.4, 0.5) is 6.01 Å². The van der Waals surface area contributed by atoms with Crippen LogP contribution in [0, 0.1) is 5.92 Å². The molecule has 1 saturated carbocycles. The summed E-state index contributed by atoms with van der Waals surface area (Å²) in [6, 6.07) is 0.632. The molecule has 0 amide bonds. The van der Waals surface area contributed by atoms with Crippen LogP contribution in [0.3, 0.4) is 0 Å². The quantitative estimate of drug-likeness (QED) is 0.776. The van der Waals surface area contributed by atoms with Crippen LogP contribution in [0.1, 0.15) is 31.4 Å². The van der Waals surface area contributed by atoms with Crippen molar-refractivity contribution in [3.63, 3.8) is 0 Å². The topological polar surface area (TPSA) is 38.1 Å². The van der Waals surface area contributed by atoms with Crippen LogP contribution in [0.5, 0.6) is 0 Å². The number of aromatic nitrogens is 1. The first kappa shape index (κ1) is 8.60. The minimum absolute atomic E-state index is 0.632. The first-order valence-electron chi connectivity index (χ1n) is 5.01. The van der Waals surface area contributed by atoms with E-state index in [1.807, 2.05) is 13.2 Å². The molecule has 2 rings (SSSR count). The lowest BCUT2D eigenvalue weighted by Crippen LogP contribution is -1.96. The number of nitrogens with zero attached hydrogens (tertiary/aromatic N) is 1. The number of rotatable bonds is 3. The fourth-order valence-electron chi connectivity index (χ4n) is 2.02. The van der Waals surface area contributed by atoms with Crippen LogP contribution in [0.15, 0.2) is 10.6 Å². The van der Waals surface area contributed by atoms with Gasteiger partial charge in [0.1, 0.15) is 5.76 Å². The summed E-state index contributed by atoms with van der Waals surface area (Å²) in [5.74, 6) is 1.86. The summed E-state index contributed by atoms with van der Waals surface area (Å²) in [6.45, 7) is 0. The summed E-state index contributed by atoms with van der Waals surface area (Å²) in [4.78, 5) is 4.10. The summed E-state index contributed by atoms with van der Waals surface area (Å²) in [5, 5.41) is 2.89. The highest BCUT2D eigenvalue weighted by Crippen LogP contribution is 2.28. The van der Waals surface area contributed by atoms with Gasteiger partial charge in [0.15, 0.2) is 0 Å². The van der Waals surface area contributed by atoms with Crippen LogP contribution in [0.2, 0.25) is 0 Å². The van der Waals surface area contributed by atoms with E-state index in [9.17, 15) is 0 Å². The van der Waals surface area contributed by atoms with E-state index < -0.39 is 0 Å². The molecule has 0 saturated heterocycles. The number of oxazole rings is 1. The van der Waals surface area contributed by atoms with Gasteiger partial charge in [0.25, 0.3) is 6.01 Å². The molecule has 72 valence electrons. The molecule has 1 aliphatic rings. The van der Waals surface area contributed by atoms with Gasteiger partial charge in [-0.3, -0.25) is 0 Å². The van der Waals surface area contributed by atoms with Gasteiger partial charge in [-0.2, -0.15) is 0 Å². The first-order valence-corrected chi connectivity index (χ1v) is 5.01. The Bertz CT molecular complexity index is 264. The average Bonchev–Trinajstić information content (AvgIpc) is 2.76. The SMILES string of the molecule is CNc1ncc(CC2CCCC2)o1. The molecule has 13 heavy (non-hydrogen) atoms. The first-order chi connectivity index (χ1) is 6.38. The van der Waals surface area contributed by atoms with Gasteiger partial charge in [0, 0.05) is 13.5 Å². The van der Waals surface area contributed by atoms with Crippen LogP contribution in [0.25, 0.3) is 0 Å². The Hall–Kier alpha value is -0.990. The van der Waals surface area contributed by atoms with Gasteiger partial charge in [-0.15, -0.1) is 0 Å². The largest absolute Gasteiger partial charge is 0.429 e. The molecule has 0 spiro atoms. The summed E-state index contributed by atoms with van der Waals surface area (Å²) < 4.78 is 5.47. The van der Waals surface area contributed by atoms with Crippen molar-refractivity contribution in [2.75, 3.05) is 12.4 Å². The number of nitrogens with one attached hydrogen (secondary N) is 1. The maximum Gasteiger partial charge on any atom is 0.294 e. The molecule has 0 atom stereocenters. The second kappa shape index (κ2) is 3.81. The second-order valence-corrected chi connectivity index (χ2v) is 3.74. The van der Waals surface area contributed by atoms with E-state index in [1.165, 1.54) is 25.7 Å². The molecule has 0 aromatic carbocycles. The van der Waals surface area contributed by atoms with E-state index in [0.29, 0.717) is 6.01 Å². The molecule has 3 nitrogen and oxygen atoms in total. The predicted octanol–water partition coefficient (Wildman–Crippen LogP) is 2.45. The standard InChI is InChI=1S/C10H16N2O/c1-11-10-12-7-9(13-10)6-8-4-2-3-5-8/h7-8H,2-6H2,1H3,(H,11,12). The maximum absolute atomic E-state index is 5.47. The monoisotopic (exact) mass is 180 g/mol. The van der Waals surface area contributed by atoms with E-state index >= 15 is 0 Å². The Morgan fingerprint density at radius 2 is 2.31 bits per heavy atom. The fraction of sp³-hybridized carbons (Fsp3) is 0.700. The third kappa shape index (κ3) is 2.02. The minimum Gasteiger partial charge on any atom is -0.429 e. The van der Waals surface area contributed by atoms with Crippen LogP contribution in [-0.4, -0.2) is 12.0 Å². The van der Waals surface area contributed by atoms with Crippen molar-refractivity contribution < 1.29 is 4.42 Å². The van der Waals surface area contributed by atoms with Gasteiger partial charge in [-0.1, -0.05) is 25.7 Å². The highest BCUT2D eigenvalue weighted by molar-refractivity contribution is 5.18. The van der Waals surface area contributed by atoms with Gasteiger partial charge in [0.05, 0.1) is 6.20 Å². The van der Waals surface area contributed by atoms with Gasteiger partial charge < -0.3 is 9.73 Å². The van der Waals surface area contributed by atoms with Crippen molar-refractivity contribution in [3.05, 3.63) is 12.0 Å². The fourth-order valence-corrected chi connectivity index (χ4v) is 2.02. The Labute approximate surface area is 78.5 Å². The Morgan fingerprint density at radius 3 is 2.92 bits per heavy atom. The molecule has 0 bridgehead atoms. The summed E-state index contributed by atoms with van der Waals surface area (Å²) >= 11 is 0. The highest BCUT2D eigenvalue weighted by Gasteiger charge is 2.17. The van der Waals surface area contributed by atoms with E-state index in [4.69, 9.17) is 4.42 Å². The summed E-state index contributed by atoms with van der Waals surface area (Å²) in [7, 11) is 1.82. The molecule has 1 aromatic heterocycles. The van der Waals surface area contributed by atoms with Crippen molar-refractivity contribution >= 4 is 6.01 Å². The van der Waals surface area contributed by atoms with Crippen LogP contribution < -0.4 is 5.32 Å². The molecular formula is C10H16N2O. The van der Waals surface area contributed by atoms with Gasteiger partial charge >= 0.3 is 0 Å². The van der Waals surface area contributed by atoms with E-state index in [0.717, 1.165) is 18.1 Å². The number of hydrogen-bond donors (Lipinski definition) is 1. The number of hydrogen-bond acceptors (Lipinski definition) is 3. The van der Waals surface area contributed by atoms with Gasteiger partial charge in [0.2, 0.25) is 0 Å². The molecule has 1 heterocycles. The maximum atomic E-state index is 5.47. The third-order valence-electron chi connectivity index (χ3n) is 2.73. The van der Waals surface area contributed by atoms with Crippen molar-refractivity contribution in [1.29, 1.82) is 0 Å². The zero-order valence-corrected chi connectivity index (χ0v) is 8.05. The molecule has 0 radical (unpaired) electrons. The van der Waals surface area contributed by atoms with Crippen molar-refractivity contribution in [2.45, 2.75) is 32.1 Å². The lowest BCUT2D eigenvalue weighted by Gasteiger charge is -2.04. The normalized spacial score (nSPS) is 17.9. The molecule has 1 aromatic rings. The second-order valence-electron chi connectivity index (χ2n) is 3.74. The molecule has 1 fully saturated rings.